The minimum Gasteiger partial charge on any atom is -0.306 e. The lowest BCUT2D eigenvalue weighted by Gasteiger charge is -2.07. The number of nitrogens with one attached hydrogen (secondary N) is 1. The molecule has 1 aromatic heterocycles. The fourth-order valence-electron chi connectivity index (χ4n) is 1.46. The summed E-state index contributed by atoms with van der Waals surface area (Å²) in [5.41, 5.74) is 0.412. The van der Waals surface area contributed by atoms with Gasteiger partial charge in [0.2, 0.25) is 0 Å². The van der Waals surface area contributed by atoms with Gasteiger partial charge in [0.05, 0.1) is 10.6 Å². The Kier molecular flexibility index (Phi) is 4.69. The molecule has 0 aliphatic carbocycles. The van der Waals surface area contributed by atoms with Crippen LogP contribution in [-0.2, 0) is 0 Å². The van der Waals surface area contributed by atoms with E-state index < -0.39 is 0 Å². The summed E-state index contributed by atoms with van der Waals surface area (Å²) in [6.45, 7) is 0. The van der Waals surface area contributed by atoms with Crippen molar-refractivity contribution in [2.75, 3.05) is 11.6 Å². The summed E-state index contributed by atoms with van der Waals surface area (Å²) in [6, 6.07) is 8.52. The Labute approximate surface area is 125 Å². The second-order valence-corrected chi connectivity index (χ2v) is 5.38. The average molecular weight is 313 g/mol. The van der Waals surface area contributed by atoms with Gasteiger partial charge in [-0.2, -0.15) is 0 Å². The third-order valence-electron chi connectivity index (χ3n) is 2.38. The van der Waals surface area contributed by atoms with Gasteiger partial charge in [-0.05, 0) is 36.6 Å². The quantitative estimate of drug-likeness (QED) is 0.856. The Morgan fingerprint density at radius 3 is 2.74 bits per heavy atom. The molecule has 1 N–H and O–H groups in total. The number of carbonyl (C=O) groups excluding carboxylic acids is 1. The highest BCUT2D eigenvalue weighted by Gasteiger charge is 2.12. The summed E-state index contributed by atoms with van der Waals surface area (Å²) < 4.78 is 0. The molecule has 0 unspecified atom stereocenters. The number of aromatic nitrogens is 1. The van der Waals surface area contributed by atoms with Crippen LogP contribution < -0.4 is 5.32 Å². The van der Waals surface area contributed by atoms with Crippen molar-refractivity contribution in [3.63, 3.8) is 0 Å². The monoisotopic (exact) mass is 312 g/mol. The number of rotatable bonds is 3. The van der Waals surface area contributed by atoms with E-state index in [2.05, 4.69) is 10.3 Å². The molecule has 2 rings (SSSR count). The largest absolute Gasteiger partial charge is 0.306 e. The van der Waals surface area contributed by atoms with Crippen molar-refractivity contribution < 1.29 is 4.79 Å². The Bertz CT molecular complexity index is 619. The summed E-state index contributed by atoms with van der Waals surface area (Å²) in [6.07, 6.45) is 3.46. The predicted octanol–water partition coefficient (Wildman–Crippen LogP) is 4.36. The fourth-order valence-corrected chi connectivity index (χ4v) is 2.27. The molecule has 1 aromatic carbocycles. The third kappa shape index (κ3) is 3.62. The molecular formula is C13H10Cl2N2OS. The van der Waals surface area contributed by atoms with E-state index in [0.717, 1.165) is 4.90 Å². The van der Waals surface area contributed by atoms with Gasteiger partial charge in [-0.15, -0.1) is 11.8 Å². The Morgan fingerprint density at radius 1 is 1.26 bits per heavy atom. The smallest absolute Gasteiger partial charge is 0.258 e. The van der Waals surface area contributed by atoms with E-state index in [0.29, 0.717) is 21.4 Å². The van der Waals surface area contributed by atoms with Crippen LogP contribution in [0.15, 0.2) is 41.4 Å². The fraction of sp³-hybridized carbons (Fsp3) is 0.0769. The molecule has 1 amide bonds. The topological polar surface area (TPSA) is 42.0 Å². The van der Waals surface area contributed by atoms with E-state index in [9.17, 15) is 4.79 Å². The minimum atomic E-state index is -0.310. The normalized spacial score (nSPS) is 10.3. The maximum atomic E-state index is 12.1. The van der Waals surface area contributed by atoms with Crippen molar-refractivity contribution in [3.05, 3.63) is 52.1 Å². The van der Waals surface area contributed by atoms with Crippen molar-refractivity contribution in [2.24, 2.45) is 0 Å². The van der Waals surface area contributed by atoms with Crippen molar-refractivity contribution >= 4 is 46.7 Å². The van der Waals surface area contributed by atoms with Gasteiger partial charge in [-0.3, -0.25) is 4.79 Å². The van der Waals surface area contributed by atoms with Crippen molar-refractivity contribution in [1.82, 2.24) is 4.98 Å². The first-order chi connectivity index (χ1) is 9.10. The van der Waals surface area contributed by atoms with Crippen LogP contribution >= 0.6 is 35.0 Å². The molecule has 3 nitrogen and oxygen atoms in total. The molecule has 0 bridgehead atoms. The number of nitrogens with zero attached hydrogens (tertiary/aromatic N) is 1. The van der Waals surface area contributed by atoms with Crippen molar-refractivity contribution in [2.45, 2.75) is 4.90 Å². The van der Waals surface area contributed by atoms with E-state index in [4.69, 9.17) is 23.2 Å². The highest BCUT2D eigenvalue weighted by molar-refractivity contribution is 7.98. The van der Waals surface area contributed by atoms with Gasteiger partial charge in [-0.25, -0.2) is 4.98 Å². The second-order valence-electron chi connectivity index (χ2n) is 3.66. The number of anilines is 1. The molecule has 0 aliphatic heterocycles. The average Bonchev–Trinajstić information content (AvgIpc) is 2.39. The van der Waals surface area contributed by atoms with Crippen LogP contribution in [0.4, 0.5) is 5.82 Å². The molecule has 0 saturated carbocycles. The molecular weight excluding hydrogens is 303 g/mol. The minimum absolute atomic E-state index is 0.310. The Hall–Kier alpha value is -1.23. The lowest BCUT2D eigenvalue weighted by molar-refractivity contribution is 0.102. The van der Waals surface area contributed by atoms with Crippen LogP contribution in [0.2, 0.25) is 10.0 Å². The van der Waals surface area contributed by atoms with Gasteiger partial charge in [0.1, 0.15) is 5.82 Å². The summed E-state index contributed by atoms with van der Waals surface area (Å²) >= 11 is 13.4. The Balaban J connectivity index is 2.25. The van der Waals surface area contributed by atoms with Gasteiger partial charge in [0, 0.05) is 16.1 Å². The van der Waals surface area contributed by atoms with Gasteiger partial charge < -0.3 is 5.32 Å². The lowest BCUT2D eigenvalue weighted by atomic mass is 10.2. The zero-order valence-corrected chi connectivity index (χ0v) is 12.3. The van der Waals surface area contributed by atoms with Crippen LogP contribution in [0.3, 0.4) is 0 Å². The standard InChI is InChI=1S/C13H10Cl2N2OS/c1-19-9-2-3-11(15)10(7-9)13(18)17-12-6-8(14)4-5-16-12/h2-7H,1H3,(H,16,17,18). The number of thioether (sulfide) groups is 1. The highest BCUT2D eigenvalue weighted by atomic mass is 35.5. The highest BCUT2D eigenvalue weighted by Crippen LogP contribution is 2.24. The maximum absolute atomic E-state index is 12.1. The molecule has 19 heavy (non-hydrogen) atoms. The van der Waals surface area contributed by atoms with E-state index in [1.54, 1.807) is 36.0 Å². The van der Waals surface area contributed by atoms with Crippen LogP contribution in [-0.4, -0.2) is 17.1 Å². The van der Waals surface area contributed by atoms with E-state index in [1.165, 1.54) is 6.20 Å². The maximum Gasteiger partial charge on any atom is 0.258 e. The van der Waals surface area contributed by atoms with Gasteiger partial charge in [-0.1, -0.05) is 23.2 Å². The zero-order chi connectivity index (χ0) is 13.8. The first-order valence-electron chi connectivity index (χ1n) is 5.36. The van der Waals surface area contributed by atoms with Crippen molar-refractivity contribution in [3.8, 4) is 0 Å². The van der Waals surface area contributed by atoms with Crippen LogP contribution in [0.1, 0.15) is 10.4 Å². The first kappa shape index (κ1) is 14.2. The molecule has 0 spiro atoms. The van der Waals surface area contributed by atoms with Gasteiger partial charge >= 0.3 is 0 Å². The van der Waals surface area contributed by atoms with Gasteiger partial charge in [0.25, 0.3) is 5.91 Å². The molecule has 0 aliphatic rings. The summed E-state index contributed by atoms with van der Waals surface area (Å²) in [5, 5.41) is 3.57. The summed E-state index contributed by atoms with van der Waals surface area (Å²) in [5.74, 6) is 0.0822. The molecule has 0 atom stereocenters. The molecule has 0 radical (unpaired) electrons. The molecule has 0 saturated heterocycles. The molecule has 1 heterocycles. The summed E-state index contributed by atoms with van der Waals surface area (Å²) in [7, 11) is 0. The van der Waals surface area contributed by atoms with E-state index in [-0.39, 0.29) is 5.91 Å². The molecule has 0 fully saturated rings. The molecule has 98 valence electrons. The van der Waals surface area contributed by atoms with E-state index >= 15 is 0 Å². The van der Waals surface area contributed by atoms with Crippen LogP contribution in [0.5, 0.6) is 0 Å². The number of hydrogen-bond donors (Lipinski definition) is 1. The third-order valence-corrected chi connectivity index (χ3v) is 3.67. The van der Waals surface area contributed by atoms with E-state index in [1.807, 2.05) is 12.3 Å². The SMILES string of the molecule is CSc1ccc(Cl)c(C(=O)Nc2cc(Cl)ccn2)c1. The Morgan fingerprint density at radius 2 is 2.05 bits per heavy atom. The number of pyridine rings is 1. The molecule has 2 aromatic rings. The number of halogens is 2. The van der Waals surface area contributed by atoms with Crippen LogP contribution in [0, 0.1) is 0 Å². The molecule has 6 heteroatoms. The number of hydrogen-bond acceptors (Lipinski definition) is 3. The zero-order valence-electron chi connectivity index (χ0n) is 9.98. The lowest BCUT2D eigenvalue weighted by Crippen LogP contribution is -2.13. The first-order valence-corrected chi connectivity index (χ1v) is 7.34. The number of carbonyl (C=O) groups is 1. The second kappa shape index (κ2) is 6.28. The number of benzene rings is 1. The van der Waals surface area contributed by atoms with Crippen molar-refractivity contribution in [1.29, 1.82) is 0 Å². The van der Waals surface area contributed by atoms with Crippen LogP contribution in [0.25, 0.3) is 0 Å². The predicted molar refractivity (Wildman–Crippen MR) is 80.4 cm³/mol. The summed E-state index contributed by atoms with van der Waals surface area (Å²) in [4.78, 5) is 17.1. The number of amides is 1. The van der Waals surface area contributed by atoms with Gasteiger partial charge in [0.15, 0.2) is 0 Å².